The van der Waals surface area contributed by atoms with Crippen LogP contribution in [0.1, 0.15) is 31.0 Å². The van der Waals surface area contributed by atoms with Crippen LogP contribution in [0.25, 0.3) is 0 Å². The second-order valence-electron chi connectivity index (χ2n) is 4.82. The third-order valence-electron chi connectivity index (χ3n) is 2.69. The maximum absolute atomic E-state index is 11.5. The first-order valence-electron chi connectivity index (χ1n) is 6.39. The van der Waals surface area contributed by atoms with E-state index in [1.807, 2.05) is 12.1 Å². The lowest BCUT2D eigenvalue weighted by atomic mass is 10.1. The van der Waals surface area contributed by atoms with Crippen LogP contribution in [0.2, 0.25) is 0 Å². The molecule has 3 nitrogen and oxygen atoms in total. The number of thioether (sulfide) groups is 1. The molecule has 0 aromatic carbocycles. The largest absolute Gasteiger partial charge is 0.618 e. The van der Waals surface area contributed by atoms with Crippen molar-refractivity contribution in [1.82, 2.24) is 4.98 Å². The van der Waals surface area contributed by atoms with Crippen molar-refractivity contribution in [2.45, 2.75) is 37.5 Å². The van der Waals surface area contributed by atoms with Crippen molar-refractivity contribution in [3.05, 3.63) is 45.7 Å². The van der Waals surface area contributed by atoms with Gasteiger partial charge in [-0.15, -0.1) is 11.3 Å². The summed E-state index contributed by atoms with van der Waals surface area (Å²) in [6.07, 6.45) is 3.76. The van der Waals surface area contributed by atoms with E-state index in [0.29, 0.717) is 5.92 Å². The molecule has 0 amide bonds. The normalized spacial score (nSPS) is 11.1. The summed E-state index contributed by atoms with van der Waals surface area (Å²) in [5.41, 5.74) is 1.07. The molecule has 19 heavy (non-hydrogen) atoms. The first-order valence-corrected chi connectivity index (χ1v) is 8.26. The summed E-state index contributed by atoms with van der Waals surface area (Å²) >= 11 is 3.25. The zero-order chi connectivity index (χ0) is 13.7. The lowest BCUT2D eigenvalue weighted by Gasteiger charge is -2.02. The molecule has 0 bridgehead atoms. The molecular formula is C14H18N2OS2. The molecule has 0 aliphatic heterocycles. The van der Waals surface area contributed by atoms with Crippen LogP contribution in [0.4, 0.5) is 0 Å². The fraction of sp³-hybridized carbons (Fsp3) is 0.429. The van der Waals surface area contributed by atoms with Gasteiger partial charge in [-0.05, 0) is 36.6 Å². The molecule has 2 rings (SSSR count). The standard InChI is InChI=1S/C14H18N2OS2/c1-11(2)6-7-13-15-12(9-18-13)10-19-14-5-3-4-8-16(14)17/h3-5,8-9,11H,6-7,10H2,1-2H3. The average Bonchev–Trinajstić information content (AvgIpc) is 2.83. The van der Waals surface area contributed by atoms with Gasteiger partial charge < -0.3 is 5.21 Å². The van der Waals surface area contributed by atoms with E-state index >= 15 is 0 Å². The van der Waals surface area contributed by atoms with Gasteiger partial charge in [0.2, 0.25) is 0 Å². The number of rotatable bonds is 6. The predicted octanol–water partition coefficient (Wildman–Crippen LogP) is 3.66. The van der Waals surface area contributed by atoms with Crippen LogP contribution in [-0.4, -0.2) is 4.98 Å². The summed E-state index contributed by atoms with van der Waals surface area (Å²) in [7, 11) is 0. The van der Waals surface area contributed by atoms with Crippen molar-refractivity contribution in [2.24, 2.45) is 5.92 Å². The Hall–Kier alpha value is -1.07. The second-order valence-corrected chi connectivity index (χ2v) is 6.76. The third-order valence-corrected chi connectivity index (χ3v) is 4.70. The van der Waals surface area contributed by atoms with Gasteiger partial charge in [0.15, 0.2) is 6.20 Å². The molecule has 0 atom stereocenters. The lowest BCUT2D eigenvalue weighted by Crippen LogP contribution is -2.27. The van der Waals surface area contributed by atoms with Gasteiger partial charge in [0.25, 0.3) is 5.03 Å². The van der Waals surface area contributed by atoms with E-state index in [0.717, 1.165) is 27.6 Å². The van der Waals surface area contributed by atoms with E-state index in [4.69, 9.17) is 0 Å². The summed E-state index contributed by atoms with van der Waals surface area (Å²) in [4.78, 5) is 4.61. The van der Waals surface area contributed by atoms with Crippen LogP contribution in [0.15, 0.2) is 34.8 Å². The fourth-order valence-electron chi connectivity index (χ4n) is 1.61. The molecule has 0 aliphatic rings. The van der Waals surface area contributed by atoms with Crippen molar-refractivity contribution in [1.29, 1.82) is 0 Å². The molecular weight excluding hydrogens is 276 g/mol. The summed E-state index contributed by atoms with van der Waals surface area (Å²) in [6.45, 7) is 4.46. The van der Waals surface area contributed by atoms with E-state index < -0.39 is 0 Å². The van der Waals surface area contributed by atoms with Crippen LogP contribution in [0, 0.1) is 11.1 Å². The van der Waals surface area contributed by atoms with Crippen LogP contribution >= 0.6 is 23.1 Å². The highest BCUT2D eigenvalue weighted by Gasteiger charge is 2.08. The highest BCUT2D eigenvalue weighted by atomic mass is 32.2. The number of hydrogen-bond donors (Lipinski definition) is 0. The zero-order valence-electron chi connectivity index (χ0n) is 11.2. The lowest BCUT2D eigenvalue weighted by molar-refractivity contribution is -0.645. The quantitative estimate of drug-likeness (QED) is 0.464. The molecule has 102 valence electrons. The Kier molecular flexibility index (Phi) is 5.22. The van der Waals surface area contributed by atoms with Gasteiger partial charge in [-0.1, -0.05) is 13.8 Å². The minimum atomic E-state index is 0.713. The second kappa shape index (κ2) is 6.91. The summed E-state index contributed by atoms with van der Waals surface area (Å²) in [6, 6.07) is 5.46. The van der Waals surface area contributed by atoms with E-state index in [-0.39, 0.29) is 0 Å². The molecule has 0 aliphatic carbocycles. The van der Waals surface area contributed by atoms with Crippen LogP contribution in [0.5, 0.6) is 0 Å². The predicted molar refractivity (Wildman–Crippen MR) is 80.2 cm³/mol. The van der Waals surface area contributed by atoms with Gasteiger partial charge >= 0.3 is 0 Å². The Labute approximate surface area is 122 Å². The third kappa shape index (κ3) is 4.51. The number of aryl methyl sites for hydroxylation is 1. The minimum absolute atomic E-state index is 0.713. The molecule has 0 saturated heterocycles. The Morgan fingerprint density at radius 2 is 2.26 bits per heavy atom. The molecule has 2 aromatic heterocycles. The van der Waals surface area contributed by atoms with Crippen molar-refractivity contribution in [3.8, 4) is 0 Å². The molecule has 2 aromatic rings. The Morgan fingerprint density at radius 3 is 3.00 bits per heavy atom. The first-order chi connectivity index (χ1) is 9.15. The van der Waals surface area contributed by atoms with Gasteiger partial charge in [-0.2, -0.15) is 4.73 Å². The molecule has 0 radical (unpaired) electrons. The van der Waals surface area contributed by atoms with Gasteiger partial charge in [0.05, 0.1) is 10.7 Å². The van der Waals surface area contributed by atoms with Crippen LogP contribution in [-0.2, 0) is 12.2 Å². The van der Waals surface area contributed by atoms with E-state index in [1.165, 1.54) is 29.4 Å². The molecule has 0 spiro atoms. The van der Waals surface area contributed by atoms with Crippen molar-refractivity contribution >= 4 is 23.1 Å². The molecule has 0 unspecified atom stereocenters. The molecule has 0 saturated carbocycles. The Morgan fingerprint density at radius 1 is 1.42 bits per heavy atom. The number of thiazole rings is 1. The van der Waals surface area contributed by atoms with Gasteiger partial charge in [-0.3, -0.25) is 0 Å². The summed E-state index contributed by atoms with van der Waals surface area (Å²) < 4.78 is 0.900. The fourth-order valence-corrected chi connectivity index (χ4v) is 3.34. The summed E-state index contributed by atoms with van der Waals surface area (Å²) in [5, 5.41) is 15.5. The van der Waals surface area contributed by atoms with E-state index in [2.05, 4.69) is 24.2 Å². The van der Waals surface area contributed by atoms with Gasteiger partial charge in [0.1, 0.15) is 0 Å². The van der Waals surface area contributed by atoms with Gasteiger partial charge in [-0.25, -0.2) is 4.98 Å². The number of aromatic nitrogens is 2. The maximum Gasteiger partial charge on any atom is 0.251 e. The zero-order valence-corrected chi connectivity index (χ0v) is 12.8. The SMILES string of the molecule is CC(C)CCc1nc(CSc2cccc[n+]2[O-])cs1. The Balaban J connectivity index is 1.88. The molecule has 0 fully saturated rings. The molecule has 5 heteroatoms. The minimum Gasteiger partial charge on any atom is -0.618 e. The van der Waals surface area contributed by atoms with Crippen LogP contribution < -0.4 is 4.73 Å². The van der Waals surface area contributed by atoms with Gasteiger partial charge in [0, 0.05) is 23.3 Å². The smallest absolute Gasteiger partial charge is 0.251 e. The van der Waals surface area contributed by atoms with Crippen molar-refractivity contribution in [2.75, 3.05) is 0 Å². The monoisotopic (exact) mass is 294 g/mol. The number of hydrogen-bond acceptors (Lipinski definition) is 4. The Bertz CT molecular complexity index is 526. The van der Waals surface area contributed by atoms with Crippen LogP contribution in [0.3, 0.4) is 0 Å². The topological polar surface area (TPSA) is 39.8 Å². The van der Waals surface area contributed by atoms with E-state index in [9.17, 15) is 5.21 Å². The highest BCUT2D eigenvalue weighted by molar-refractivity contribution is 7.98. The average molecular weight is 294 g/mol. The number of nitrogens with zero attached hydrogens (tertiary/aromatic N) is 2. The van der Waals surface area contributed by atoms with E-state index in [1.54, 1.807) is 17.4 Å². The summed E-state index contributed by atoms with van der Waals surface area (Å²) in [5.74, 6) is 1.47. The number of pyridine rings is 1. The van der Waals surface area contributed by atoms with Crippen molar-refractivity contribution in [3.63, 3.8) is 0 Å². The molecule has 2 heterocycles. The van der Waals surface area contributed by atoms with Crippen molar-refractivity contribution < 1.29 is 4.73 Å². The first kappa shape index (κ1) is 14.3. The maximum atomic E-state index is 11.5. The molecule has 0 N–H and O–H groups in total. The highest BCUT2D eigenvalue weighted by Crippen LogP contribution is 2.21.